The average molecular weight is 390 g/mol. The molecule has 0 spiro atoms. The molecule has 0 aliphatic rings. The molecule has 4 rings (SSSR count). The van der Waals surface area contributed by atoms with E-state index in [-0.39, 0.29) is 11.7 Å². The van der Waals surface area contributed by atoms with Gasteiger partial charge in [-0.3, -0.25) is 4.79 Å². The average Bonchev–Trinajstić information content (AvgIpc) is 3.33. The molecule has 28 heavy (non-hydrogen) atoms. The smallest absolute Gasteiger partial charge is 0.267 e. The number of nitrogens with zero attached hydrogens (tertiary/aromatic N) is 1. The molecule has 4 aromatic rings. The molecule has 2 aromatic heterocycles. The molecule has 0 atom stereocenters. The Bertz CT molecular complexity index is 1150. The van der Waals surface area contributed by atoms with Crippen molar-refractivity contribution < 1.29 is 9.18 Å². The van der Waals surface area contributed by atoms with Crippen LogP contribution in [0.15, 0.2) is 72.4 Å². The summed E-state index contributed by atoms with van der Waals surface area (Å²) in [4.78, 5) is 13.6. The number of anilines is 1. The molecule has 0 radical (unpaired) electrons. The molecule has 2 heterocycles. The maximum Gasteiger partial charge on any atom is 0.267 e. The first-order chi connectivity index (χ1) is 13.5. The predicted octanol–water partition coefficient (Wildman–Crippen LogP) is 6.21. The summed E-state index contributed by atoms with van der Waals surface area (Å²) in [6.07, 6.45) is 3.84. The van der Waals surface area contributed by atoms with Crippen molar-refractivity contribution in [2.24, 2.45) is 0 Å². The minimum absolute atomic E-state index is 0.254. The standard InChI is InChI=1S/C23H19FN2OS/c1-15-6-5-7-17(12-15)19-14-28-22(21(19)26-10-3-4-11-26)23(27)25-18-9-8-16(2)20(24)13-18/h3-14H,1-2H3,(H,25,27). The van der Waals surface area contributed by atoms with E-state index in [0.29, 0.717) is 16.1 Å². The maximum absolute atomic E-state index is 13.8. The van der Waals surface area contributed by atoms with Gasteiger partial charge in [-0.1, -0.05) is 35.9 Å². The monoisotopic (exact) mass is 390 g/mol. The SMILES string of the molecule is Cc1cccc(-c2csc(C(=O)Nc3ccc(C)c(F)c3)c2-n2cccc2)c1. The van der Waals surface area contributed by atoms with Crippen LogP contribution in [0.5, 0.6) is 0 Å². The van der Waals surface area contributed by atoms with Gasteiger partial charge in [-0.2, -0.15) is 0 Å². The van der Waals surface area contributed by atoms with Crippen molar-refractivity contribution >= 4 is 22.9 Å². The van der Waals surface area contributed by atoms with Gasteiger partial charge in [-0.05, 0) is 49.2 Å². The van der Waals surface area contributed by atoms with Gasteiger partial charge >= 0.3 is 0 Å². The van der Waals surface area contributed by atoms with Crippen LogP contribution in [0.4, 0.5) is 10.1 Å². The van der Waals surface area contributed by atoms with Crippen molar-refractivity contribution in [1.29, 1.82) is 0 Å². The maximum atomic E-state index is 13.8. The van der Waals surface area contributed by atoms with E-state index < -0.39 is 0 Å². The molecule has 5 heteroatoms. The van der Waals surface area contributed by atoms with Gasteiger partial charge in [-0.15, -0.1) is 11.3 Å². The lowest BCUT2D eigenvalue weighted by Gasteiger charge is -2.11. The van der Waals surface area contributed by atoms with Crippen molar-refractivity contribution in [2.75, 3.05) is 5.32 Å². The minimum atomic E-state index is -0.338. The van der Waals surface area contributed by atoms with Crippen LogP contribution in [-0.2, 0) is 0 Å². The molecule has 140 valence electrons. The summed E-state index contributed by atoms with van der Waals surface area (Å²) in [7, 11) is 0. The lowest BCUT2D eigenvalue weighted by molar-refractivity contribution is 0.103. The fraction of sp³-hybridized carbons (Fsp3) is 0.0870. The molecule has 0 unspecified atom stereocenters. The van der Waals surface area contributed by atoms with Gasteiger partial charge in [0.15, 0.2) is 0 Å². The lowest BCUT2D eigenvalue weighted by Crippen LogP contribution is -2.13. The molecule has 2 aromatic carbocycles. The van der Waals surface area contributed by atoms with Crippen LogP contribution >= 0.6 is 11.3 Å². The third kappa shape index (κ3) is 3.49. The Kier molecular flexibility index (Phi) is 4.84. The van der Waals surface area contributed by atoms with Gasteiger partial charge in [0.25, 0.3) is 5.91 Å². The van der Waals surface area contributed by atoms with Crippen LogP contribution in [0.25, 0.3) is 16.8 Å². The fourth-order valence-electron chi connectivity index (χ4n) is 3.13. The van der Waals surface area contributed by atoms with Crippen LogP contribution in [0, 0.1) is 19.7 Å². The highest BCUT2D eigenvalue weighted by atomic mass is 32.1. The molecule has 1 N–H and O–H groups in total. The second-order valence-corrected chi connectivity index (χ2v) is 7.58. The summed E-state index contributed by atoms with van der Waals surface area (Å²) in [5, 5.41) is 4.82. The second-order valence-electron chi connectivity index (χ2n) is 6.70. The highest BCUT2D eigenvalue weighted by Gasteiger charge is 2.20. The fourth-order valence-corrected chi connectivity index (χ4v) is 4.10. The molecule has 0 saturated heterocycles. The zero-order chi connectivity index (χ0) is 19.7. The summed E-state index contributed by atoms with van der Waals surface area (Å²) < 4.78 is 15.8. The molecule has 0 aliphatic carbocycles. The first-order valence-electron chi connectivity index (χ1n) is 8.92. The largest absolute Gasteiger partial charge is 0.322 e. The number of hydrogen-bond donors (Lipinski definition) is 1. The highest BCUT2D eigenvalue weighted by Crippen LogP contribution is 2.35. The van der Waals surface area contributed by atoms with Crippen LogP contribution in [0.3, 0.4) is 0 Å². The van der Waals surface area contributed by atoms with Crippen LogP contribution in [-0.4, -0.2) is 10.5 Å². The van der Waals surface area contributed by atoms with Crippen LogP contribution < -0.4 is 5.32 Å². The molecule has 0 saturated carbocycles. The molecule has 0 bridgehead atoms. The van der Waals surface area contributed by atoms with Crippen molar-refractivity contribution in [3.8, 4) is 16.8 Å². The predicted molar refractivity (Wildman–Crippen MR) is 113 cm³/mol. The topological polar surface area (TPSA) is 34.0 Å². The molecule has 1 amide bonds. The van der Waals surface area contributed by atoms with Crippen molar-refractivity contribution in [3.63, 3.8) is 0 Å². The number of amides is 1. The third-order valence-corrected chi connectivity index (χ3v) is 5.56. The van der Waals surface area contributed by atoms with Gasteiger partial charge in [0.05, 0.1) is 5.69 Å². The summed E-state index contributed by atoms with van der Waals surface area (Å²) in [6, 6.07) is 16.8. The quantitative estimate of drug-likeness (QED) is 0.441. The molecule has 0 aliphatic heterocycles. The summed E-state index contributed by atoms with van der Waals surface area (Å²) in [5.41, 5.74) is 5.01. The number of carbonyl (C=O) groups is 1. The number of carbonyl (C=O) groups excluding carboxylic acids is 1. The summed E-state index contributed by atoms with van der Waals surface area (Å²) in [5.74, 6) is -0.592. The number of thiophene rings is 1. The Hall–Kier alpha value is -3.18. The van der Waals surface area contributed by atoms with E-state index in [1.165, 1.54) is 17.4 Å². The van der Waals surface area contributed by atoms with E-state index in [2.05, 4.69) is 11.4 Å². The Morgan fingerprint density at radius 2 is 1.82 bits per heavy atom. The lowest BCUT2D eigenvalue weighted by atomic mass is 10.0. The molecular weight excluding hydrogens is 371 g/mol. The summed E-state index contributed by atoms with van der Waals surface area (Å²) in [6.45, 7) is 3.74. The van der Waals surface area contributed by atoms with Gasteiger partial charge in [0.1, 0.15) is 10.7 Å². The van der Waals surface area contributed by atoms with E-state index in [1.54, 1.807) is 19.1 Å². The van der Waals surface area contributed by atoms with E-state index in [9.17, 15) is 9.18 Å². The van der Waals surface area contributed by atoms with E-state index >= 15 is 0 Å². The first kappa shape index (κ1) is 18.2. The number of benzene rings is 2. The van der Waals surface area contributed by atoms with Gasteiger partial charge in [-0.25, -0.2) is 4.39 Å². The molecule has 0 fully saturated rings. The number of halogens is 1. The number of hydrogen-bond acceptors (Lipinski definition) is 2. The van der Waals surface area contributed by atoms with E-state index in [4.69, 9.17) is 0 Å². The highest BCUT2D eigenvalue weighted by molar-refractivity contribution is 7.13. The van der Waals surface area contributed by atoms with Crippen LogP contribution in [0.2, 0.25) is 0 Å². The first-order valence-corrected chi connectivity index (χ1v) is 9.80. The van der Waals surface area contributed by atoms with Crippen molar-refractivity contribution in [3.05, 3.63) is 94.2 Å². The number of aromatic nitrogens is 1. The molecule has 3 nitrogen and oxygen atoms in total. The van der Waals surface area contributed by atoms with Gasteiger partial charge < -0.3 is 9.88 Å². The van der Waals surface area contributed by atoms with E-state index in [1.807, 2.05) is 59.6 Å². The zero-order valence-corrected chi connectivity index (χ0v) is 16.4. The van der Waals surface area contributed by atoms with Crippen molar-refractivity contribution in [1.82, 2.24) is 4.57 Å². The van der Waals surface area contributed by atoms with Gasteiger partial charge in [0.2, 0.25) is 0 Å². The molecular formula is C23H19FN2OS. The zero-order valence-electron chi connectivity index (χ0n) is 15.6. The number of rotatable bonds is 4. The normalized spacial score (nSPS) is 10.8. The van der Waals surface area contributed by atoms with E-state index in [0.717, 1.165) is 22.4 Å². The Balaban J connectivity index is 1.76. The Morgan fingerprint density at radius 1 is 1.04 bits per heavy atom. The van der Waals surface area contributed by atoms with Gasteiger partial charge in [0, 0.05) is 29.0 Å². The number of nitrogens with one attached hydrogen (secondary N) is 1. The van der Waals surface area contributed by atoms with Crippen LogP contribution in [0.1, 0.15) is 20.8 Å². The third-order valence-electron chi connectivity index (χ3n) is 4.59. The number of aryl methyl sites for hydroxylation is 2. The Labute approximate surface area is 167 Å². The Morgan fingerprint density at radius 3 is 2.54 bits per heavy atom. The second kappa shape index (κ2) is 7.44. The minimum Gasteiger partial charge on any atom is -0.322 e. The summed E-state index contributed by atoms with van der Waals surface area (Å²) >= 11 is 1.38. The van der Waals surface area contributed by atoms with Crippen molar-refractivity contribution in [2.45, 2.75) is 13.8 Å².